The number of aliphatic hydroxyl groups excluding tert-OH is 1. The van der Waals surface area contributed by atoms with E-state index >= 15 is 0 Å². The van der Waals surface area contributed by atoms with Crippen LogP contribution in [0.1, 0.15) is 24.5 Å². The highest BCUT2D eigenvalue weighted by Crippen LogP contribution is 2.32. The largest absolute Gasteiger partial charge is 0.506 e. The quantitative estimate of drug-likeness (QED) is 0.364. The van der Waals surface area contributed by atoms with Crippen LogP contribution in [0.4, 0.5) is 27.9 Å². The summed E-state index contributed by atoms with van der Waals surface area (Å²) in [4.78, 5) is 25.2. The van der Waals surface area contributed by atoms with Gasteiger partial charge in [-0.1, -0.05) is 19.1 Å². The number of phenols is 1. The van der Waals surface area contributed by atoms with E-state index in [1.165, 1.54) is 4.90 Å². The smallest absolute Gasteiger partial charge is 0.326 e. The summed E-state index contributed by atoms with van der Waals surface area (Å²) in [5, 5.41) is 29.8. The number of amides is 2. The van der Waals surface area contributed by atoms with Crippen molar-refractivity contribution in [2.24, 2.45) is 0 Å². The molecule has 0 bridgehead atoms. The Kier molecular flexibility index (Phi) is 6.59. The van der Waals surface area contributed by atoms with Crippen molar-refractivity contribution >= 4 is 29.2 Å². The van der Waals surface area contributed by atoms with Crippen molar-refractivity contribution in [1.82, 2.24) is 24.6 Å². The number of benzene rings is 1. The van der Waals surface area contributed by atoms with Crippen LogP contribution in [-0.4, -0.2) is 61.1 Å². The first-order valence-electron chi connectivity index (χ1n) is 10.8. The van der Waals surface area contributed by atoms with Crippen molar-refractivity contribution in [1.29, 1.82) is 0 Å². The van der Waals surface area contributed by atoms with Crippen molar-refractivity contribution in [2.45, 2.75) is 33.0 Å². The third kappa shape index (κ3) is 4.82. The zero-order valence-corrected chi connectivity index (χ0v) is 18.7. The van der Waals surface area contributed by atoms with Crippen molar-refractivity contribution < 1.29 is 15.0 Å². The number of aliphatic hydroxyl groups is 1. The number of carbonyl (C=O) groups is 1. The van der Waals surface area contributed by atoms with Crippen LogP contribution < -0.4 is 15.5 Å². The minimum atomic E-state index is -0.187. The van der Waals surface area contributed by atoms with E-state index in [1.807, 2.05) is 6.07 Å². The predicted octanol–water partition coefficient (Wildman–Crippen LogP) is 2.51. The molecule has 11 heteroatoms. The number of phenolic OH excluding ortho intramolecular Hbond substituents is 1. The second-order valence-corrected chi connectivity index (χ2v) is 7.82. The first-order chi connectivity index (χ1) is 16.0. The number of aromatic hydroxyl groups is 1. The van der Waals surface area contributed by atoms with Crippen molar-refractivity contribution in [3.8, 4) is 5.75 Å². The van der Waals surface area contributed by atoms with Crippen molar-refractivity contribution in [3.05, 3.63) is 47.9 Å². The Morgan fingerprint density at radius 3 is 2.88 bits per heavy atom. The number of para-hydroxylation sites is 1. The number of aromatic nitrogens is 4. The molecule has 0 saturated heterocycles. The summed E-state index contributed by atoms with van der Waals surface area (Å²) in [6, 6.07) is 5.13. The number of carbonyl (C=O) groups excluding carboxylic acids is 1. The van der Waals surface area contributed by atoms with Gasteiger partial charge in [-0.25, -0.2) is 9.78 Å². The number of anilines is 4. The van der Waals surface area contributed by atoms with E-state index < -0.39 is 0 Å². The predicted molar refractivity (Wildman–Crippen MR) is 125 cm³/mol. The lowest BCUT2D eigenvalue weighted by atomic mass is 10.1. The molecule has 1 aromatic carbocycles. The Morgan fingerprint density at radius 1 is 1.24 bits per heavy atom. The summed E-state index contributed by atoms with van der Waals surface area (Å²) in [5.74, 6) is 1.06. The Labute approximate surface area is 191 Å². The van der Waals surface area contributed by atoms with Gasteiger partial charge in [0.25, 0.3) is 0 Å². The molecule has 0 radical (unpaired) electrons. The van der Waals surface area contributed by atoms with Gasteiger partial charge in [-0.05, 0) is 18.1 Å². The summed E-state index contributed by atoms with van der Waals surface area (Å²) < 4.78 is 1.61. The number of hydrogen-bond donors (Lipinski definition) is 4. The van der Waals surface area contributed by atoms with Gasteiger partial charge in [0, 0.05) is 38.1 Å². The highest BCUT2D eigenvalue weighted by Gasteiger charge is 2.30. The molecule has 33 heavy (non-hydrogen) atoms. The van der Waals surface area contributed by atoms with Crippen LogP contribution in [0.15, 0.2) is 36.8 Å². The molecular formula is C22H28N8O3. The van der Waals surface area contributed by atoms with Gasteiger partial charge in [0.05, 0.1) is 37.3 Å². The van der Waals surface area contributed by atoms with Crippen molar-refractivity contribution in [2.75, 3.05) is 35.7 Å². The molecule has 1 aliphatic rings. The van der Waals surface area contributed by atoms with Gasteiger partial charge >= 0.3 is 6.03 Å². The third-order valence-corrected chi connectivity index (χ3v) is 5.34. The van der Waals surface area contributed by atoms with Gasteiger partial charge in [-0.15, -0.1) is 0 Å². The maximum absolute atomic E-state index is 13.1. The molecule has 1 aliphatic heterocycles. The first-order valence-corrected chi connectivity index (χ1v) is 10.8. The highest BCUT2D eigenvalue weighted by atomic mass is 16.3. The summed E-state index contributed by atoms with van der Waals surface area (Å²) in [7, 11) is 1.68. The van der Waals surface area contributed by atoms with Gasteiger partial charge in [0.2, 0.25) is 5.95 Å². The molecule has 4 N–H and O–H groups in total. The van der Waals surface area contributed by atoms with Crippen LogP contribution in [0.5, 0.6) is 5.75 Å². The second kappa shape index (κ2) is 9.74. The molecule has 2 aromatic heterocycles. The molecule has 0 unspecified atom stereocenters. The van der Waals surface area contributed by atoms with Gasteiger partial charge in [-0.2, -0.15) is 10.1 Å². The Morgan fingerprint density at radius 2 is 2.09 bits per heavy atom. The van der Waals surface area contributed by atoms with Crippen LogP contribution in [0.2, 0.25) is 0 Å². The van der Waals surface area contributed by atoms with Crippen LogP contribution in [0.25, 0.3) is 0 Å². The molecular weight excluding hydrogens is 424 g/mol. The lowest BCUT2D eigenvalue weighted by Gasteiger charge is -2.34. The molecule has 11 nitrogen and oxygen atoms in total. The molecule has 3 aromatic rings. The third-order valence-electron chi connectivity index (χ3n) is 5.34. The molecule has 0 spiro atoms. The van der Waals surface area contributed by atoms with Crippen LogP contribution >= 0.6 is 0 Å². The Hall–Kier alpha value is -3.86. The fourth-order valence-corrected chi connectivity index (χ4v) is 3.72. The van der Waals surface area contributed by atoms with Gasteiger partial charge in [-0.3, -0.25) is 9.58 Å². The van der Waals surface area contributed by atoms with E-state index in [2.05, 4.69) is 32.6 Å². The summed E-state index contributed by atoms with van der Waals surface area (Å²) in [6.07, 6.45) is 5.99. The average Bonchev–Trinajstić information content (AvgIpc) is 3.24. The second-order valence-electron chi connectivity index (χ2n) is 7.82. The van der Waals surface area contributed by atoms with E-state index in [-0.39, 0.29) is 18.4 Å². The fraction of sp³-hybridized carbons (Fsp3) is 0.364. The van der Waals surface area contributed by atoms with E-state index in [4.69, 9.17) is 5.11 Å². The van der Waals surface area contributed by atoms with Crippen LogP contribution in [-0.2, 0) is 19.6 Å². The minimum Gasteiger partial charge on any atom is -0.506 e. The lowest BCUT2D eigenvalue weighted by Crippen LogP contribution is -2.45. The van der Waals surface area contributed by atoms with Gasteiger partial charge < -0.3 is 25.7 Å². The van der Waals surface area contributed by atoms with E-state index in [0.717, 1.165) is 24.1 Å². The highest BCUT2D eigenvalue weighted by molar-refractivity contribution is 5.93. The standard InChI is InChI=1S/C22H28N8O3/c1-3-7-23-19-15(5-4-6-18(19)32)12-29-13-16-10-24-21(27-20(16)28(2)22(29)33)26-17-11-25-30(14-17)8-9-31/h4-6,10-11,14,23,31-32H,3,7-9,12-13H2,1-2H3,(H,24,26,27). The molecule has 0 atom stereocenters. The summed E-state index contributed by atoms with van der Waals surface area (Å²) in [6.45, 7) is 3.87. The number of fused-ring (bicyclic) bond motifs is 1. The number of nitrogens with one attached hydrogen (secondary N) is 2. The molecule has 0 fully saturated rings. The molecule has 2 amide bonds. The SMILES string of the molecule is CCCNc1c(O)cccc1CN1Cc2cnc(Nc3cnn(CCO)c3)nc2N(C)C1=O. The number of rotatable bonds is 9. The lowest BCUT2D eigenvalue weighted by molar-refractivity contribution is 0.196. The maximum atomic E-state index is 13.1. The maximum Gasteiger partial charge on any atom is 0.326 e. The van der Waals surface area contributed by atoms with E-state index in [0.29, 0.717) is 42.8 Å². The van der Waals surface area contributed by atoms with Gasteiger partial charge in [0.15, 0.2) is 0 Å². The number of urea groups is 1. The van der Waals surface area contributed by atoms with E-state index in [9.17, 15) is 9.90 Å². The monoisotopic (exact) mass is 452 g/mol. The topological polar surface area (TPSA) is 132 Å². The van der Waals surface area contributed by atoms with Crippen molar-refractivity contribution in [3.63, 3.8) is 0 Å². The molecule has 0 saturated carbocycles. The van der Waals surface area contributed by atoms with Gasteiger partial charge in [0.1, 0.15) is 11.6 Å². The molecule has 4 rings (SSSR count). The number of hydrogen-bond acceptors (Lipinski definition) is 8. The first kappa shape index (κ1) is 22.3. The average molecular weight is 453 g/mol. The normalized spacial score (nSPS) is 13.2. The Balaban J connectivity index is 1.52. The minimum absolute atomic E-state index is 0.00136. The number of nitrogens with zero attached hydrogens (tertiary/aromatic N) is 6. The van der Waals surface area contributed by atoms with E-state index in [1.54, 1.807) is 47.4 Å². The molecule has 174 valence electrons. The van der Waals surface area contributed by atoms with Crippen LogP contribution in [0, 0.1) is 0 Å². The summed E-state index contributed by atoms with van der Waals surface area (Å²) >= 11 is 0. The zero-order chi connectivity index (χ0) is 23.4. The zero-order valence-electron chi connectivity index (χ0n) is 18.7. The Bertz CT molecular complexity index is 1130. The summed E-state index contributed by atoms with van der Waals surface area (Å²) in [5.41, 5.74) is 3.00. The van der Waals surface area contributed by atoms with Crippen LogP contribution in [0.3, 0.4) is 0 Å². The molecule has 0 aliphatic carbocycles. The molecule has 3 heterocycles. The fourth-order valence-electron chi connectivity index (χ4n) is 3.72.